The van der Waals surface area contributed by atoms with Crippen molar-refractivity contribution in [2.24, 2.45) is 0 Å². The fraction of sp³-hybridized carbons (Fsp3) is 0.143. The molecular formula is C28H24O9S2. The van der Waals surface area contributed by atoms with Crippen molar-refractivity contribution >= 4 is 20.2 Å². The maximum Gasteiger partial charge on any atom is 0.294 e. The molecule has 0 spiro atoms. The van der Waals surface area contributed by atoms with Gasteiger partial charge in [-0.2, -0.15) is 16.8 Å². The molecule has 11 heteroatoms. The van der Waals surface area contributed by atoms with E-state index < -0.39 is 30.0 Å². The summed E-state index contributed by atoms with van der Waals surface area (Å²) in [5.74, 6) is -0.554. The summed E-state index contributed by atoms with van der Waals surface area (Å²) in [6, 6.07) is 16.4. The van der Waals surface area contributed by atoms with Gasteiger partial charge in [0.1, 0.15) is 17.2 Å². The van der Waals surface area contributed by atoms with Crippen molar-refractivity contribution in [1.82, 2.24) is 0 Å². The van der Waals surface area contributed by atoms with Gasteiger partial charge in [-0.3, -0.25) is 9.11 Å². The molecule has 39 heavy (non-hydrogen) atoms. The van der Waals surface area contributed by atoms with Crippen LogP contribution in [0.15, 0.2) is 76.5 Å². The molecule has 0 unspecified atom stereocenters. The van der Waals surface area contributed by atoms with Gasteiger partial charge in [-0.1, -0.05) is 42.5 Å². The number of fused-ring (bicyclic) bond motifs is 8. The van der Waals surface area contributed by atoms with Gasteiger partial charge in [0.05, 0.1) is 9.79 Å². The largest absolute Gasteiger partial charge is 0.507 e. The average molecular weight is 569 g/mol. The quantitative estimate of drug-likeness (QED) is 0.198. The van der Waals surface area contributed by atoms with E-state index >= 15 is 0 Å². The maximum absolute atomic E-state index is 12.0. The van der Waals surface area contributed by atoms with Crippen LogP contribution in [0.1, 0.15) is 44.5 Å². The Morgan fingerprint density at radius 2 is 0.795 bits per heavy atom. The van der Waals surface area contributed by atoms with Gasteiger partial charge in [-0.05, 0) is 57.6 Å². The zero-order chi connectivity index (χ0) is 28.1. The van der Waals surface area contributed by atoms with Crippen LogP contribution in [0.4, 0.5) is 0 Å². The Kier molecular flexibility index (Phi) is 6.63. The van der Waals surface area contributed by atoms with Crippen molar-refractivity contribution in [2.45, 2.75) is 35.5 Å². The molecule has 0 radical (unpaired) electrons. The minimum atomic E-state index is -4.60. The lowest BCUT2D eigenvalue weighted by molar-refractivity contribution is 0.453. The summed E-state index contributed by atoms with van der Waals surface area (Å²) in [6.45, 7) is 0. The van der Waals surface area contributed by atoms with Gasteiger partial charge in [0, 0.05) is 36.8 Å². The van der Waals surface area contributed by atoms with E-state index in [0.717, 1.165) is 12.1 Å². The highest BCUT2D eigenvalue weighted by atomic mass is 32.2. The molecule has 0 saturated heterocycles. The lowest BCUT2D eigenvalue weighted by atomic mass is 9.92. The van der Waals surface area contributed by atoms with E-state index in [1.807, 2.05) is 0 Å². The molecule has 0 fully saturated rings. The highest BCUT2D eigenvalue weighted by Gasteiger charge is 2.22. The molecule has 1 aliphatic rings. The predicted octanol–water partition coefficient (Wildman–Crippen LogP) is 3.97. The second-order valence-electron chi connectivity index (χ2n) is 9.58. The van der Waals surface area contributed by atoms with E-state index in [2.05, 4.69) is 0 Å². The summed E-state index contributed by atoms with van der Waals surface area (Å²) in [5, 5.41) is 33.2. The Labute approximate surface area is 225 Å². The summed E-state index contributed by atoms with van der Waals surface area (Å²) in [4.78, 5) is -0.785. The van der Waals surface area contributed by atoms with Crippen LogP contribution in [-0.2, 0) is 45.9 Å². The van der Waals surface area contributed by atoms with Crippen molar-refractivity contribution in [3.63, 3.8) is 0 Å². The Morgan fingerprint density at radius 3 is 1.18 bits per heavy atom. The van der Waals surface area contributed by atoms with Gasteiger partial charge in [-0.15, -0.1) is 0 Å². The summed E-state index contributed by atoms with van der Waals surface area (Å²) in [5.41, 5.74) is 2.77. The monoisotopic (exact) mass is 568 g/mol. The first-order chi connectivity index (χ1) is 18.3. The molecule has 9 nitrogen and oxygen atoms in total. The number of phenols is 3. The number of hydrogen-bond acceptors (Lipinski definition) is 7. The zero-order valence-corrected chi connectivity index (χ0v) is 22.0. The summed E-state index contributed by atoms with van der Waals surface area (Å²) >= 11 is 0. The minimum absolute atomic E-state index is 0.0876. The maximum atomic E-state index is 12.0. The first-order valence-electron chi connectivity index (χ1n) is 11.8. The van der Waals surface area contributed by atoms with Crippen LogP contribution in [0.5, 0.6) is 17.2 Å². The van der Waals surface area contributed by atoms with Crippen molar-refractivity contribution in [1.29, 1.82) is 0 Å². The Balaban J connectivity index is 1.77. The topological polar surface area (TPSA) is 169 Å². The van der Waals surface area contributed by atoms with E-state index in [1.165, 1.54) is 12.1 Å². The van der Waals surface area contributed by atoms with E-state index in [-0.39, 0.29) is 65.2 Å². The van der Waals surface area contributed by atoms with Gasteiger partial charge < -0.3 is 15.3 Å². The third-order valence-electron chi connectivity index (χ3n) is 6.82. The molecular weight excluding hydrogens is 544 g/mol. The van der Waals surface area contributed by atoms with Gasteiger partial charge in [0.25, 0.3) is 20.2 Å². The highest BCUT2D eigenvalue weighted by molar-refractivity contribution is 7.86. The number of phenolic OH excluding ortho intramolecular Hbond substituents is 3. The molecule has 0 heterocycles. The average Bonchev–Trinajstić information content (AvgIpc) is 2.84. The smallest absolute Gasteiger partial charge is 0.294 e. The zero-order valence-electron chi connectivity index (χ0n) is 20.4. The molecule has 8 bridgehead atoms. The second kappa shape index (κ2) is 9.69. The van der Waals surface area contributed by atoms with Crippen LogP contribution in [0, 0.1) is 0 Å². The van der Waals surface area contributed by atoms with Crippen LogP contribution in [0.3, 0.4) is 0 Å². The minimum Gasteiger partial charge on any atom is -0.507 e. The summed E-state index contributed by atoms with van der Waals surface area (Å²) in [7, 11) is -9.21. The molecule has 4 aromatic rings. The van der Waals surface area contributed by atoms with Crippen molar-refractivity contribution in [3.8, 4) is 17.2 Å². The molecule has 1 aliphatic carbocycles. The third kappa shape index (κ3) is 5.48. The van der Waals surface area contributed by atoms with Crippen molar-refractivity contribution < 1.29 is 41.3 Å². The highest BCUT2D eigenvalue weighted by Crippen LogP contribution is 2.37. The molecule has 0 aromatic heterocycles. The van der Waals surface area contributed by atoms with Crippen LogP contribution in [-0.4, -0.2) is 41.3 Å². The second-order valence-corrected chi connectivity index (χ2v) is 12.4. The number of rotatable bonds is 2. The molecule has 0 saturated carbocycles. The van der Waals surface area contributed by atoms with Crippen LogP contribution in [0.25, 0.3) is 0 Å². The van der Waals surface area contributed by atoms with E-state index in [1.54, 1.807) is 42.5 Å². The van der Waals surface area contributed by atoms with Crippen LogP contribution < -0.4 is 0 Å². The molecule has 5 N–H and O–H groups in total. The van der Waals surface area contributed by atoms with Crippen molar-refractivity contribution in [2.75, 3.05) is 0 Å². The number of benzene rings is 4. The van der Waals surface area contributed by atoms with Crippen LogP contribution >= 0.6 is 0 Å². The number of para-hydroxylation sites is 1. The SMILES string of the molecule is O=S(=O)(O)c1cc2c(O)c(c1)Cc1cccc(c1O)Cc1cc(S(=O)(=O)O)cc(c1O)Cc1cccc(c1)C2. The Morgan fingerprint density at radius 1 is 0.462 bits per heavy atom. The number of hydrogen-bond donors (Lipinski definition) is 5. The predicted molar refractivity (Wildman–Crippen MR) is 142 cm³/mol. The lowest BCUT2D eigenvalue weighted by Crippen LogP contribution is -2.05. The van der Waals surface area contributed by atoms with Gasteiger partial charge in [0.2, 0.25) is 0 Å². The molecule has 4 aromatic carbocycles. The number of aromatic hydroxyl groups is 3. The van der Waals surface area contributed by atoms with E-state index in [4.69, 9.17) is 0 Å². The molecule has 0 atom stereocenters. The fourth-order valence-electron chi connectivity index (χ4n) is 4.92. The van der Waals surface area contributed by atoms with Crippen molar-refractivity contribution in [3.05, 3.63) is 111 Å². The molecule has 202 valence electrons. The standard InChI is InChI=1S/C28H24O9S2/c29-26-18-5-2-6-19(26)11-23-15-25(39(35,36)37)13-21(28(23)31)9-17-4-1-3-16(7-17)8-20-12-24(38(32,33)34)14-22(10-18)27(20)30/h1-7,12-15,29-31H,8-11H2,(H,32,33,34)(H,35,36,37). The normalized spacial score (nSPS) is 13.7. The lowest BCUT2D eigenvalue weighted by Gasteiger charge is -2.17. The first kappa shape index (κ1) is 26.7. The Bertz CT molecular complexity index is 1720. The first-order valence-corrected chi connectivity index (χ1v) is 14.7. The van der Waals surface area contributed by atoms with Crippen LogP contribution in [0.2, 0.25) is 0 Å². The fourth-order valence-corrected chi connectivity index (χ4v) is 6.09. The van der Waals surface area contributed by atoms with Gasteiger partial charge in [0.15, 0.2) is 0 Å². The summed E-state index contributed by atoms with van der Waals surface area (Å²) in [6.07, 6.45) is -0.0108. The molecule has 0 amide bonds. The van der Waals surface area contributed by atoms with Gasteiger partial charge in [-0.25, -0.2) is 0 Å². The van der Waals surface area contributed by atoms with E-state index in [0.29, 0.717) is 22.3 Å². The molecule has 5 rings (SSSR count). The summed E-state index contributed by atoms with van der Waals surface area (Å²) < 4.78 is 67.6. The third-order valence-corrected chi connectivity index (χ3v) is 8.49. The van der Waals surface area contributed by atoms with E-state index in [9.17, 15) is 41.3 Å². The van der Waals surface area contributed by atoms with Gasteiger partial charge >= 0.3 is 0 Å². The Hall–Kier alpha value is -3.90. The molecule has 0 aliphatic heterocycles.